The Bertz CT molecular complexity index is 315. The molecule has 0 aromatic heterocycles. The summed E-state index contributed by atoms with van der Waals surface area (Å²) in [6.45, 7) is 3.82. The molecule has 1 heterocycles. The highest BCUT2D eigenvalue weighted by Crippen LogP contribution is 2.22. The summed E-state index contributed by atoms with van der Waals surface area (Å²) in [5.74, 6) is 0.444. The van der Waals surface area contributed by atoms with Gasteiger partial charge in [0.15, 0.2) is 0 Å². The van der Waals surface area contributed by atoms with Crippen molar-refractivity contribution in [3.63, 3.8) is 0 Å². The van der Waals surface area contributed by atoms with Crippen molar-refractivity contribution in [2.24, 2.45) is 11.7 Å². The summed E-state index contributed by atoms with van der Waals surface area (Å²) in [5.41, 5.74) is 7.11. The molecule has 2 atom stereocenters. The fraction of sp³-hybridized carbons (Fsp3) is 0.538. The number of piperidine rings is 1. The molecule has 0 saturated carbocycles. The SMILES string of the molecule is NCC1CN(Cc2ccccc2)CCC1Cl. The molecule has 1 aromatic carbocycles. The first-order valence-electron chi connectivity index (χ1n) is 5.90. The Morgan fingerprint density at radius 1 is 1.31 bits per heavy atom. The maximum Gasteiger partial charge on any atom is 0.0400 e. The third-order valence-electron chi connectivity index (χ3n) is 3.28. The molecule has 88 valence electrons. The number of alkyl halides is 1. The molecule has 2 nitrogen and oxygen atoms in total. The first-order valence-corrected chi connectivity index (χ1v) is 6.33. The lowest BCUT2D eigenvalue weighted by Gasteiger charge is -2.35. The van der Waals surface area contributed by atoms with E-state index in [1.807, 2.05) is 0 Å². The molecule has 0 amide bonds. The number of nitrogens with two attached hydrogens (primary N) is 1. The minimum Gasteiger partial charge on any atom is -0.330 e. The fourth-order valence-corrected chi connectivity index (χ4v) is 2.57. The first-order chi connectivity index (χ1) is 7.79. The maximum absolute atomic E-state index is 6.24. The van der Waals surface area contributed by atoms with E-state index in [0.717, 1.165) is 26.1 Å². The largest absolute Gasteiger partial charge is 0.330 e. The average molecular weight is 239 g/mol. The number of likely N-dealkylation sites (tertiary alicyclic amines) is 1. The highest BCUT2D eigenvalue weighted by Gasteiger charge is 2.26. The maximum atomic E-state index is 6.24. The van der Waals surface area contributed by atoms with E-state index in [1.165, 1.54) is 5.56 Å². The zero-order valence-corrected chi connectivity index (χ0v) is 10.2. The molecule has 0 spiro atoms. The Kier molecular flexibility index (Phi) is 4.22. The molecule has 0 radical (unpaired) electrons. The summed E-state index contributed by atoms with van der Waals surface area (Å²) in [4.78, 5) is 2.45. The van der Waals surface area contributed by atoms with Crippen LogP contribution < -0.4 is 5.73 Å². The van der Waals surface area contributed by atoms with Crippen molar-refractivity contribution in [2.75, 3.05) is 19.6 Å². The lowest BCUT2D eigenvalue weighted by atomic mass is 9.97. The molecule has 2 N–H and O–H groups in total. The molecule has 1 fully saturated rings. The average Bonchev–Trinajstić information content (AvgIpc) is 2.33. The Balaban J connectivity index is 1.92. The molecule has 1 aromatic rings. The van der Waals surface area contributed by atoms with Crippen molar-refractivity contribution < 1.29 is 0 Å². The molecule has 1 aliphatic rings. The van der Waals surface area contributed by atoms with Gasteiger partial charge in [-0.25, -0.2) is 0 Å². The van der Waals surface area contributed by atoms with Crippen molar-refractivity contribution in [3.8, 4) is 0 Å². The van der Waals surface area contributed by atoms with Crippen LogP contribution in [-0.4, -0.2) is 29.9 Å². The number of rotatable bonds is 3. The van der Waals surface area contributed by atoms with Crippen LogP contribution in [-0.2, 0) is 6.54 Å². The second-order valence-corrected chi connectivity index (χ2v) is 5.08. The van der Waals surface area contributed by atoms with Gasteiger partial charge in [-0.1, -0.05) is 30.3 Å². The van der Waals surface area contributed by atoms with Crippen LogP contribution in [0.5, 0.6) is 0 Å². The third-order valence-corrected chi connectivity index (χ3v) is 3.85. The molecular formula is C13H19ClN2. The molecule has 2 rings (SSSR count). The number of nitrogens with zero attached hydrogens (tertiary/aromatic N) is 1. The van der Waals surface area contributed by atoms with E-state index < -0.39 is 0 Å². The predicted molar refractivity (Wildman–Crippen MR) is 68.5 cm³/mol. The number of halogens is 1. The Morgan fingerprint density at radius 2 is 2.06 bits per heavy atom. The van der Waals surface area contributed by atoms with Crippen molar-refractivity contribution in [3.05, 3.63) is 35.9 Å². The second kappa shape index (κ2) is 5.67. The molecule has 1 aliphatic heterocycles. The highest BCUT2D eigenvalue weighted by molar-refractivity contribution is 6.20. The van der Waals surface area contributed by atoms with E-state index in [-0.39, 0.29) is 5.38 Å². The summed E-state index contributed by atoms with van der Waals surface area (Å²) in [5, 5.41) is 0.261. The van der Waals surface area contributed by atoms with Gasteiger partial charge >= 0.3 is 0 Å². The molecule has 16 heavy (non-hydrogen) atoms. The minimum absolute atomic E-state index is 0.261. The van der Waals surface area contributed by atoms with E-state index in [4.69, 9.17) is 17.3 Å². The van der Waals surface area contributed by atoms with Crippen LogP contribution in [0.2, 0.25) is 0 Å². The molecule has 1 saturated heterocycles. The van der Waals surface area contributed by atoms with E-state index in [1.54, 1.807) is 0 Å². The first kappa shape index (κ1) is 11.9. The van der Waals surface area contributed by atoms with Crippen LogP contribution in [0.15, 0.2) is 30.3 Å². The molecular weight excluding hydrogens is 220 g/mol. The van der Waals surface area contributed by atoms with Gasteiger partial charge in [-0.3, -0.25) is 4.90 Å². The second-order valence-electron chi connectivity index (χ2n) is 4.52. The van der Waals surface area contributed by atoms with Crippen LogP contribution in [0.3, 0.4) is 0 Å². The van der Waals surface area contributed by atoms with E-state index in [0.29, 0.717) is 12.5 Å². The standard InChI is InChI=1S/C13H19ClN2/c14-13-6-7-16(10-12(13)8-15)9-11-4-2-1-3-5-11/h1-5,12-13H,6-10,15H2. The molecule has 0 bridgehead atoms. The third kappa shape index (κ3) is 2.97. The van der Waals surface area contributed by atoms with Gasteiger partial charge in [0.05, 0.1) is 0 Å². The summed E-state index contributed by atoms with van der Waals surface area (Å²) < 4.78 is 0. The summed E-state index contributed by atoms with van der Waals surface area (Å²) in [7, 11) is 0. The van der Waals surface area contributed by atoms with Crippen molar-refractivity contribution >= 4 is 11.6 Å². The lowest BCUT2D eigenvalue weighted by molar-refractivity contribution is 0.174. The number of hydrogen-bond donors (Lipinski definition) is 1. The van der Waals surface area contributed by atoms with Gasteiger partial charge in [-0.2, -0.15) is 0 Å². The summed E-state index contributed by atoms with van der Waals surface area (Å²) in [6, 6.07) is 10.6. The van der Waals surface area contributed by atoms with Crippen LogP contribution in [0.4, 0.5) is 0 Å². The van der Waals surface area contributed by atoms with Gasteiger partial charge < -0.3 is 5.73 Å². The molecule has 2 unspecified atom stereocenters. The Hall–Kier alpha value is -0.570. The summed E-state index contributed by atoms with van der Waals surface area (Å²) >= 11 is 6.24. The van der Waals surface area contributed by atoms with Crippen molar-refractivity contribution in [1.82, 2.24) is 4.90 Å². The summed E-state index contributed by atoms with van der Waals surface area (Å²) in [6.07, 6.45) is 1.05. The van der Waals surface area contributed by atoms with E-state index in [9.17, 15) is 0 Å². The monoisotopic (exact) mass is 238 g/mol. The van der Waals surface area contributed by atoms with Crippen molar-refractivity contribution in [1.29, 1.82) is 0 Å². The van der Waals surface area contributed by atoms with Crippen LogP contribution in [0.1, 0.15) is 12.0 Å². The van der Waals surface area contributed by atoms with Crippen LogP contribution in [0, 0.1) is 5.92 Å². The van der Waals surface area contributed by atoms with Gasteiger partial charge in [-0.05, 0) is 25.1 Å². The Labute approximate surface area is 102 Å². The topological polar surface area (TPSA) is 29.3 Å². The van der Waals surface area contributed by atoms with Crippen LogP contribution >= 0.6 is 11.6 Å². The number of hydrogen-bond acceptors (Lipinski definition) is 2. The molecule has 3 heteroatoms. The van der Waals surface area contributed by atoms with Crippen LogP contribution in [0.25, 0.3) is 0 Å². The lowest BCUT2D eigenvalue weighted by Crippen LogP contribution is -2.43. The quantitative estimate of drug-likeness (QED) is 0.817. The predicted octanol–water partition coefficient (Wildman–Crippen LogP) is 2.07. The van der Waals surface area contributed by atoms with Gasteiger partial charge in [0.25, 0.3) is 0 Å². The van der Waals surface area contributed by atoms with E-state index in [2.05, 4.69) is 35.2 Å². The normalized spacial score (nSPS) is 26.9. The van der Waals surface area contributed by atoms with Gasteiger partial charge in [0.1, 0.15) is 0 Å². The molecule has 0 aliphatic carbocycles. The van der Waals surface area contributed by atoms with E-state index >= 15 is 0 Å². The van der Waals surface area contributed by atoms with Crippen molar-refractivity contribution in [2.45, 2.75) is 18.3 Å². The Morgan fingerprint density at radius 3 is 2.75 bits per heavy atom. The van der Waals surface area contributed by atoms with Gasteiger partial charge in [0.2, 0.25) is 0 Å². The van der Waals surface area contributed by atoms with Gasteiger partial charge in [-0.15, -0.1) is 11.6 Å². The minimum atomic E-state index is 0.261. The fourth-order valence-electron chi connectivity index (χ4n) is 2.29. The highest BCUT2D eigenvalue weighted by atomic mass is 35.5. The smallest absolute Gasteiger partial charge is 0.0400 e. The zero-order chi connectivity index (χ0) is 11.4. The zero-order valence-electron chi connectivity index (χ0n) is 9.48. The number of benzene rings is 1. The van der Waals surface area contributed by atoms with Gasteiger partial charge in [0, 0.05) is 24.4 Å².